The van der Waals surface area contributed by atoms with Crippen LogP contribution in [-0.2, 0) is 10.0 Å². The number of hydrogen-bond donors (Lipinski definition) is 1. The third kappa shape index (κ3) is 3.59. The summed E-state index contributed by atoms with van der Waals surface area (Å²) in [4.78, 5) is 12.6. The number of amides is 1. The normalized spacial score (nSPS) is 17.3. The van der Waals surface area contributed by atoms with E-state index < -0.39 is 15.9 Å². The molecule has 0 unspecified atom stereocenters. The molecule has 0 saturated carbocycles. The van der Waals surface area contributed by atoms with Gasteiger partial charge in [0.25, 0.3) is 5.91 Å². The van der Waals surface area contributed by atoms with Crippen molar-refractivity contribution in [1.82, 2.24) is 4.31 Å². The van der Waals surface area contributed by atoms with Gasteiger partial charge in [0.15, 0.2) is 17.3 Å². The van der Waals surface area contributed by atoms with Crippen LogP contribution in [0.3, 0.4) is 0 Å². The zero-order valence-corrected chi connectivity index (χ0v) is 16.4. The summed E-state index contributed by atoms with van der Waals surface area (Å²) >= 11 is 0. The molecular formula is C19H22N2O6S. The monoisotopic (exact) mass is 406 g/mol. The highest BCUT2D eigenvalue weighted by atomic mass is 32.2. The van der Waals surface area contributed by atoms with E-state index in [0.717, 1.165) is 19.3 Å². The van der Waals surface area contributed by atoms with Crippen LogP contribution in [0, 0.1) is 6.92 Å². The Kier molecular flexibility index (Phi) is 5.03. The van der Waals surface area contributed by atoms with Crippen LogP contribution in [0.1, 0.15) is 35.6 Å². The molecule has 0 bridgehead atoms. The Labute approximate surface area is 163 Å². The number of nitrogens with one attached hydrogen (secondary N) is 1. The van der Waals surface area contributed by atoms with Crippen LogP contribution in [0.25, 0.3) is 0 Å². The summed E-state index contributed by atoms with van der Waals surface area (Å²) in [7, 11) is -3.65. The molecule has 1 aromatic carbocycles. The Morgan fingerprint density at radius 2 is 1.75 bits per heavy atom. The quantitative estimate of drug-likeness (QED) is 0.838. The lowest BCUT2D eigenvalue weighted by atomic mass is 10.2. The van der Waals surface area contributed by atoms with Crippen molar-refractivity contribution in [1.29, 1.82) is 0 Å². The molecule has 150 valence electrons. The Morgan fingerprint density at radius 1 is 1.04 bits per heavy atom. The maximum atomic E-state index is 12.7. The Hall–Kier alpha value is -2.52. The van der Waals surface area contributed by atoms with Gasteiger partial charge in [-0.2, -0.15) is 4.31 Å². The van der Waals surface area contributed by atoms with E-state index in [4.69, 9.17) is 13.9 Å². The molecule has 1 amide bonds. The largest absolute Gasteiger partial charge is 0.490 e. The minimum absolute atomic E-state index is 0.0400. The van der Waals surface area contributed by atoms with E-state index >= 15 is 0 Å². The van der Waals surface area contributed by atoms with Crippen molar-refractivity contribution in [2.24, 2.45) is 0 Å². The van der Waals surface area contributed by atoms with Gasteiger partial charge in [-0.05, 0) is 31.9 Å². The van der Waals surface area contributed by atoms with Crippen LogP contribution in [0.2, 0.25) is 0 Å². The summed E-state index contributed by atoms with van der Waals surface area (Å²) in [6, 6.07) is 6.40. The standard InChI is InChI=1S/C19H22N2O6S/c1-13-18(28(23,24)21-7-2-3-8-21)12-17(27-13)19(22)20-14-5-6-15-16(11-14)26-10-4-9-25-15/h5-6,11-12H,2-4,7-10H2,1H3,(H,20,22). The number of carbonyl (C=O) groups is 1. The fraction of sp³-hybridized carbons (Fsp3) is 0.421. The van der Waals surface area contributed by atoms with Gasteiger partial charge in [-0.25, -0.2) is 8.42 Å². The fourth-order valence-electron chi connectivity index (χ4n) is 3.33. The van der Waals surface area contributed by atoms with Crippen molar-refractivity contribution in [2.75, 3.05) is 31.6 Å². The number of carbonyl (C=O) groups excluding carboxylic acids is 1. The highest BCUT2D eigenvalue weighted by Gasteiger charge is 2.31. The average Bonchev–Trinajstić information content (AvgIpc) is 3.28. The highest BCUT2D eigenvalue weighted by Crippen LogP contribution is 2.33. The number of sulfonamides is 1. The van der Waals surface area contributed by atoms with E-state index in [1.165, 1.54) is 10.4 Å². The first-order valence-corrected chi connectivity index (χ1v) is 10.7. The van der Waals surface area contributed by atoms with Crippen molar-refractivity contribution in [3.63, 3.8) is 0 Å². The molecule has 28 heavy (non-hydrogen) atoms. The number of anilines is 1. The number of rotatable bonds is 4. The van der Waals surface area contributed by atoms with Crippen molar-refractivity contribution in [3.8, 4) is 11.5 Å². The number of hydrogen-bond acceptors (Lipinski definition) is 6. The minimum Gasteiger partial charge on any atom is -0.490 e. The summed E-state index contributed by atoms with van der Waals surface area (Å²) in [5.74, 6) is 0.810. The SMILES string of the molecule is Cc1oc(C(=O)Nc2ccc3c(c2)OCCCO3)cc1S(=O)(=O)N1CCCC1. The molecule has 0 aliphatic carbocycles. The number of ether oxygens (including phenoxy) is 2. The fourth-order valence-corrected chi connectivity index (χ4v) is 5.01. The summed E-state index contributed by atoms with van der Waals surface area (Å²) in [6.45, 7) is 3.66. The van der Waals surface area contributed by atoms with Gasteiger partial charge in [0, 0.05) is 37.3 Å². The summed E-state index contributed by atoms with van der Waals surface area (Å²) < 4.78 is 43.6. The molecule has 1 fully saturated rings. The van der Waals surface area contributed by atoms with Crippen LogP contribution in [-0.4, -0.2) is 44.9 Å². The molecule has 0 atom stereocenters. The summed E-state index contributed by atoms with van der Waals surface area (Å²) in [5.41, 5.74) is 0.507. The highest BCUT2D eigenvalue weighted by molar-refractivity contribution is 7.89. The lowest BCUT2D eigenvalue weighted by Crippen LogP contribution is -2.28. The molecule has 9 heteroatoms. The second-order valence-corrected chi connectivity index (χ2v) is 8.71. The minimum atomic E-state index is -3.65. The maximum absolute atomic E-state index is 12.7. The van der Waals surface area contributed by atoms with Gasteiger partial charge in [0.1, 0.15) is 10.7 Å². The van der Waals surface area contributed by atoms with Crippen LogP contribution in [0.4, 0.5) is 5.69 Å². The van der Waals surface area contributed by atoms with Crippen LogP contribution >= 0.6 is 0 Å². The summed E-state index contributed by atoms with van der Waals surface area (Å²) in [6.07, 6.45) is 2.47. The molecule has 2 aromatic rings. The molecule has 2 aliphatic heterocycles. The molecule has 0 radical (unpaired) electrons. The van der Waals surface area contributed by atoms with Crippen LogP contribution in [0.5, 0.6) is 11.5 Å². The smallest absolute Gasteiger partial charge is 0.291 e. The van der Waals surface area contributed by atoms with E-state index in [2.05, 4.69) is 5.32 Å². The topological polar surface area (TPSA) is 98.1 Å². The third-order valence-corrected chi connectivity index (χ3v) is 6.79. The average molecular weight is 406 g/mol. The Bertz CT molecular complexity index is 992. The molecule has 0 spiro atoms. The molecule has 4 rings (SSSR count). The van der Waals surface area contributed by atoms with Gasteiger partial charge in [0.05, 0.1) is 13.2 Å². The number of aryl methyl sites for hydroxylation is 1. The first-order chi connectivity index (χ1) is 13.4. The number of benzene rings is 1. The van der Waals surface area contributed by atoms with Gasteiger partial charge in [-0.3, -0.25) is 4.79 Å². The Balaban J connectivity index is 1.54. The lowest BCUT2D eigenvalue weighted by Gasteiger charge is -2.14. The van der Waals surface area contributed by atoms with Crippen molar-refractivity contribution < 1.29 is 27.1 Å². The van der Waals surface area contributed by atoms with Crippen molar-refractivity contribution in [3.05, 3.63) is 35.8 Å². The third-order valence-electron chi connectivity index (χ3n) is 4.78. The number of fused-ring (bicyclic) bond motifs is 1. The zero-order valence-electron chi connectivity index (χ0n) is 15.6. The van der Waals surface area contributed by atoms with E-state index in [1.807, 2.05) is 0 Å². The summed E-state index contributed by atoms with van der Waals surface area (Å²) in [5, 5.41) is 2.71. The lowest BCUT2D eigenvalue weighted by molar-refractivity contribution is 0.0995. The predicted octanol–water partition coefficient (Wildman–Crippen LogP) is 2.79. The molecule has 1 N–H and O–H groups in total. The van der Waals surface area contributed by atoms with E-state index in [9.17, 15) is 13.2 Å². The van der Waals surface area contributed by atoms with Gasteiger partial charge >= 0.3 is 0 Å². The van der Waals surface area contributed by atoms with E-state index in [0.29, 0.717) is 43.5 Å². The Morgan fingerprint density at radius 3 is 2.50 bits per heavy atom. The second-order valence-electron chi connectivity index (χ2n) is 6.81. The molecule has 1 aromatic heterocycles. The molecule has 1 saturated heterocycles. The maximum Gasteiger partial charge on any atom is 0.291 e. The van der Waals surface area contributed by atoms with Gasteiger partial charge in [-0.1, -0.05) is 0 Å². The molecular weight excluding hydrogens is 384 g/mol. The van der Waals surface area contributed by atoms with Crippen LogP contribution < -0.4 is 14.8 Å². The van der Waals surface area contributed by atoms with E-state index in [-0.39, 0.29) is 16.4 Å². The van der Waals surface area contributed by atoms with Gasteiger partial charge in [0.2, 0.25) is 10.0 Å². The van der Waals surface area contributed by atoms with Gasteiger partial charge in [-0.15, -0.1) is 0 Å². The van der Waals surface area contributed by atoms with Crippen molar-refractivity contribution >= 4 is 21.6 Å². The van der Waals surface area contributed by atoms with Crippen molar-refractivity contribution in [2.45, 2.75) is 31.1 Å². The molecule has 2 aliphatic rings. The van der Waals surface area contributed by atoms with Gasteiger partial charge < -0.3 is 19.2 Å². The number of nitrogens with zero attached hydrogens (tertiary/aromatic N) is 1. The number of furan rings is 1. The molecule has 3 heterocycles. The second kappa shape index (κ2) is 7.48. The van der Waals surface area contributed by atoms with E-state index in [1.54, 1.807) is 25.1 Å². The first-order valence-electron chi connectivity index (χ1n) is 9.27. The zero-order chi connectivity index (χ0) is 19.7. The first kappa shape index (κ1) is 18.8. The molecule has 8 nitrogen and oxygen atoms in total. The van der Waals surface area contributed by atoms with Crippen LogP contribution in [0.15, 0.2) is 33.6 Å². The predicted molar refractivity (Wildman–Crippen MR) is 101 cm³/mol.